The molecule has 3 heterocycles. The van der Waals surface area contributed by atoms with Crippen molar-refractivity contribution in [3.05, 3.63) is 48.4 Å². The third kappa shape index (κ3) is 3.34. The Balaban J connectivity index is 1.41. The van der Waals surface area contributed by atoms with E-state index in [0.29, 0.717) is 16.6 Å². The third-order valence-corrected chi connectivity index (χ3v) is 3.99. The summed E-state index contributed by atoms with van der Waals surface area (Å²) in [7, 11) is 0. The summed E-state index contributed by atoms with van der Waals surface area (Å²) < 4.78 is 35.2. The van der Waals surface area contributed by atoms with Crippen LogP contribution >= 0.6 is 0 Å². The largest absolute Gasteiger partial charge is 0.586 e. The third-order valence-electron chi connectivity index (χ3n) is 3.99. The van der Waals surface area contributed by atoms with Crippen molar-refractivity contribution in [3.63, 3.8) is 0 Å². The summed E-state index contributed by atoms with van der Waals surface area (Å²) in [6.07, 6.45) is -0.504. The zero-order valence-electron chi connectivity index (χ0n) is 13.7. The molecule has 0 fully saturated rings. The Morgan fingerprint density at radius 1 is 1.33 bits per heavy atom. The second-order valence-electron chi connectivity index (χ2n) is 5.80. The molecule has 4 rings (SSSR count). The van der Waals surface area contributed by atoms with Gasteiger partial charge in [-0.3, -0.25) is 9.78 Å². The second-order valence-corrected chi connectivity index (χ2v) is 5.80. The highest BCUT2D eigenvalue weighted by molar-refractivity contribution is 5.93. The van der Waals surface area contributed by atoms with Crippen molar-refractivity contribution < 1.29 is 28.2 Å². The molecule has 2 aromatic heterocycles. The van der Waals surface area contributed by atoms with Crippen LogP contribution in [0.25, 0.3) is 10.9 Å². The minimum atomic E-state index is -3.74. The molecule has 4 N–H and O–H groups in total. The van der Waals surface area contributed by atoms with E-state index in [0.717, 1.165) is 5.52 Å². The average molecular weight is 376 g/mol. The van der Waals surface area contributed by atoms with Gasteiger partial charge in [-0.15, -0.1) is 8.78 Å². The monoisotopic (exact) mass is 376 g/mol. The highest BCUT2D eigenvalue weighted by atomic mass is 19.3. The molecule has 0 spiro atoms. The molecule has 0 saturated heterocycles. The first kappa shape index (κ1) is 17.0. The number of nitrogens with zero attached hydrogens (tertiary/aromatic N) is 1. The van der Waals surface area contributed by atoms with E-state index in [1.165, 1.54) is 18.2 Å². The maximum atomic E-state index is 13.2. The maximum Gasteiger partial charge on any atom is 0.586 e. The number of aliphatic hydroxyl groups excluding tert-OH is 1. The average Bonchev–Trinajstić information content (AvgIpc) is 3.19. The summed E-state index contributed by atoms with van der Waals surface area (Å²) in [5.74, 6) is -0.999. The number of para-hydroxylation sites is 1. The molecule has 1 aliphatic rings. The van der Waals surface area contributed by atoms with Gasteiger partial charge in [-0.2, -0.15) is 0 Å². The van der Waals surface area contributed by atoms with E-state index in [1.54, 1.807) is 24.7 Å². The lowest BCUT2D eigenvalue weighted by molar-refractivity contribution is -0.286. The smallest absolute Gasteiger partial charge is 0.395 e. The second kappa shape index (κ2) is 6.40. The number of alkyl halides is 2. The number of amides is 1. The molecule has 0 saturated carbocycles. The zero-order valence-corrected chi connectivity index (χ0v) is 13.7. The number of halogens is 2. The van der Waals surface area contributed by atoms with Crippen LogP contribution in [0.2, 0.25) is 0 Å². The highest BCUT2D eigenvalue weighted by Crippen LogP contribution is 2.43. The Morgan fingerprint density at radius 2 is 2.19 bits per heavy atom. The van der Waals surface area contributed by atoms with Crippen molar-refractivity contribution >= 4 is 22.5 Å². The fourth-order valence-corrected chi connectivity index (χ4v) is 2.74. The summed E-state index contributed by atoms with van der Waals surface area (Å²) in [6, 6.07) is 6.09. The van der Waals surface area contributed by atoms with E-state index in [-0.39, 0.29) is 18.0 Å². The van der Waals surface area contributed by atoms with Gasteiger partial charge in [0.05, 0.1) is 11.2 Å². The lowest BCUT2D eigenvalue weighted by Gasteiger charge is -2.14. The van der Waals surface area contributed by atoms with E-state index < -0.39 is 18.4 Å². The van der Waals surface area contributed by atoms with Crippen LogP contribution in [0.4, 0.5) is 14.5 Å². The van der Waals surface area contributed by atoms with Crippen molar-refractivity contribution in [1.29, 1.82) is 0 Å². The minimum Gasteiger partial charge on any atom is -0.395 e. The summed E-state index contributed by atoms with van der Waals surface area (Å²) in [5.41, 5.74) is 1.58. The number of carbonyl (C=O) groups excluding carboxylic acids is 1. The molecule has 1 aromatic carbocycles. The molecule has 1 unspecified atom stereocenters. The van der Waals surface area contributed by atoms with Gasteiger partial charge in [0.2, 0.25) is 6.23 Å². The fraction of sp³-hybridized carbons (Fsp3) is 0.176. The SMILES string of the molecule is O=C(NCc1cccc2c1OC(F)(F)O2)C(O)Nc1c[nH]c2ccncc12. The van der Waals surface area contributed by atoms with Crippen molar-refractivity contribution in [2.24, 2.45) is 0 Å². The van der Waals surface area contributed by atoms with Crippen LogP contribution in [0.1, 0.15) is 5.56 Å². The van der Waals surface area contributed by atoms with Crippen LogP contribution in [0.15, 0.2) is 42.9 Å². The first-order chi connectivity index (χ1) is 12.9. The fourth-order valence-electron chi connectivity index (χ4n) is 2.74. The number of hydrogen-bond donors (Lipinski definition) is 4. The highest BCUT2D eigenvalue weighted by Gasteiger charge is 2.44. The molecular weight excluding hydrogens is 362 g/mol. The van der Waals surface area contributed by atoms with Crippen LogP contribution in [0.3, 0.4) is 0 Å². The molecule has 140 valence electrons. The number of benzene rings is 1. The molecule has 10 heteroatoms. The van der Waals surface area contributed by atoms with E-state index in [1.807, 2.05) is 0 Å². The predicted octanol–water partition coefficient (Wildman–Crippen LogP) is 1.93. The Labute approximate surface area is 151 Å². The van der Waals surface area contributed by atoms with Crippen molar-refractivity contribution in [2.45, 2.75) is 19.1 Å². The summed E-state index contributed by atoms with van der Waals surface area (Å²) in [4.78, 5) is 19.1. The number of ether oxygens (including phenoxy) is 2. The summed E-state index contributed by atoms with van der Waals surface area (Å²) >= 11 is 0. The van der Waals surface area contributed by atoms with E-state index in [4.69, 9.17) is 0 Å². The van der Waals surface area contributed by atoms with Crippen LogP contribution in [-0.4, -0.2) is 33.5 Å². The number of carbonyl (C=O) groups is 1. The molecule has 1 amide bonds. The molecule has 3 aromatic rings. The number of pyridine rings is 1. The van der Waals surface area contributed by atoms with Crippen LogP contribution in [-0.2, 0) is 11.3 Å². The van der Waals surface area contributed by atoms with Gasteiger partial charge in [-0.1, -0.05) is 12.1 Å². The van der Waals surface area contributed by atoms with Gasteiger partial charge in [-0.25, -0.2) is 0 Å². The first-order valence-corrected chi connectivity index (χ1v) is 7.94. The number of hydrogen-bond acceptors (Lipinski definition) is 6. The normalized spacial score (nSPS) is 15.5. The predicted molar refractivity (Wildman–Crippen MR) is 90.2 cm³/mol. The standard InChI is InChI=1S/C17H14F2N4O4/c18-17(19)26-13-3-1-2-9(14(13)27-17)6-22-15(24)16(25)23-12-8-21-11-4-5-20-7-10(11)12/h1-5,7-8,16,21,23,25H,6H2,(H,22,24). The van der Waals surface area contributed by atoms with Crippen LogP contribution < -0.4 is 20.1 Å². The molecule has 0 aliphatic carbocycles. The lowest BCUT2D eigenvalue weighted by Crippen LogP contribution is -2.39. The minimum absolute atomic E-state index is 0.114. The zero-order chi connectivity index (χ0) is 19.0. The van der Waals surface area contributed by atoms with E-state index in [9.17, 15) is 18.7 Å². The molecule has 0 bridgehead atoms. The van der Waals surface area contributed by atoms with Gasteiger partial charge in [0, 0.05) is 36.1 Å². The number of aliphatic hydroxyl groups is 1. The van der Waals surface area contributed by atoms with Crippen molar-refractivity contribution in [1.82, 2.24) is 15.3 Å². The number of aromatic nitrogens is 2. The molecule has 1 aliphatic heterocycles. The Morgan fingerprint density at radius 3 is 3.04 bits per heavy atom. The van der Waals surface area contributed by atoms with E-state index in [2.05, 4.69) is 30.1 Å². The maximum absolute atomic E-state index is 13.2. The van der Waals surface area contributed by atoms with Gasteiger partial charge in [0.15, 0.2) is 11.5 Å². The van der Waals surface area contributed by atoms with Gasteiger partial charge in [0.25, 0.3) is 5.91 Å². The van der Waals surface area contributed by atoms with Gasteiger partial charge < -0.3 is 30.2 Å². The van der Waals surface area contributed by atoms with Gasteiger partial charge in [0.1, 0.15) is 0 Å². The number of aromatic amines is 1. The Hall–Kier alpha value is -3.40. The number of anilines is 1. The Kier molecular flexibility index (Phi) is 4.04. The topological polar surface area (TPSA) is 109 Å². The number of nitrogens with one attached hydrogen (secondary N) is 3. The van der Waals surface area contributed by atoms with Crippen LogP contribution in [0, 0.1) is 0 Å². The molecule has 1 atom stereocenters. The molecular formula is C17H14F2N4O4. The number of rotatable bonds is 5. The number of fused-ring (bicyclic) bond motifs is 2. The lowest BCUT2D eigenvalue weighted by atomic mass is 10.2. The van der Waals surface area contributed by atoms with Gasteiger partial charge >= 0.3 is 6.29 Å². The quantitative estimate of drug-likeness (QED) is 0.507. The summed E-state index contributed by atoms with van der Waals surface area (Å²) in [5, 5.41) is 15.9. The molecule has 8 nitrogen and oxygen atoms in total. The summed E-state index contributed by atoms with van der Waals surface area (Å²) in [6.45, 7) is -0.129. The molecule has 27 heavy (non-hydrogen) atoms. The van der Waals surface area contributed by atoms with Crippen LogP contribution in [0.5, 0.6) is 11.5 Å². The van der Waals surface area contributed by atoms with E-state index >= 15 is 0 Å². The number of H-pyrrole nitrogens is 1. The van der Waals surface area contributed by atoms with Crippen molar-refractivity contribution in [3.8, 4) is 11.5 Å². The van der Waals surface area contributed by atoms with Gasteiger partial charge in [-0.05, 0) is 12.1 Å². The van der Waals surface area contributed by atoms with Crippen molar-refractivity contribution in [2.75, 3.05) is 5.32 Å². The first-order valence-electron chi connectivity index (χ1n) is 7.94. The molecule has 0 radical (unpaired) electrons. The Bertz CT molecular complexity index is 1010.